The topological polar surface area (TPSA) is 61.4 Å². The summed E-state index contributed by atoms with van der Waals surface area (Å²) < 4.78 is 0. The summed E-state index contributed by atoms with van der Waals surface area (Å²) in [6.07, 6.45) is 3.27. The quantitative estimate of drug-likeness (QED) is 0.749. The van der Waals surface area contributed by atoms with Crippen molar-refractivity contribution in [2.75, 3.05) is 26.0 Å². The molecule has 0 spiro atoms. The summed E-state index contributed by atoms with van der Waals surface area (Å²) in [5.41, 5.74) is 2.83. The van der Waals surface area contributed by atoms with Crippen molar-refractivity contribution in [2.45, 2.75) is 13.0 Å². The zero-order chi connectivity index (χ0) is 18.2. The van der Waals surface area contributed by atoms with E-state index < -0.39 is 0 Å². The maximum Gasteiger partial charge on any atom is 0.244 e. The van der Waals surface area contributed by atoms with Crippen LogP contribution in [-0.4, -0.2) is 37.4 Å². The molecule has 0 radical (unpaired) electrons. The number of carbonyl (C=O) groups is 2. The van der Waals surface area contributed by atoms with E-state index in [4.69, 9.17) is 0 Å². The van der Waals surface area contributed by atoms with Crippen molar-refractivity contribution in [3.05, 3.63) is 58.3 Å². The van der Waals surface area contributed by atoms with Crippen LogP contribution in [0.25, 0.3) is 6.08 Å². The molecule has 1 atom stereocenters. The Morgan fingerprint density at radius 3 is 2.48 bits per heavy atom. The number of anilines is 1. The van der Waals surface area contributed by atoms with Crippen molar-refractivity contribution in [3.8, 4) is 0 Å². The Balaban J connectivity index is 1.88. The van der Waals surface area contributed by atoms with Gasteiger partial charge in [-0.25, -0.2) is 0 Å². The van der Waals surface area contributed by atoms with Gasteiger partial charge in [-0.1, -0.05) is 12.1 Å². The summed E-state index contributed by atoms with van der Waals surface area (Å²) in [5, 5.41) is 9.79. The van der Waals surface area contributed by atoms with Gasteiger partial charge < -0.3 is 15.5 Å². The molecule has 0 saturated carbocycles. The summed E-state index contributed by atoms with van der Waals surface area (Å²) in [7, 11) is 4.00. The van der Waals surface area contributed by atoms with E-state index >= 15 is 0 Å². The molecule has 1 aromatic heterocycles. The number of amides is 2. The predicted octanol–water partition coefficient (Wildman–Crippen LogP) is 3.14. The number of hydrogen-bond donors (Lipinski definition) is 2. The number of thiophene rings is 1. The standard InChI is InChI=1S/C19H23N3O2S/c1-14(23)21-17-7-4-15(5-8-17)6-9-19(24)20-12-18(22(2)3)16-10-11-25-13-16/h4-11,13,18H,12H2,1-3H3,(H,20,24)(H,21,23)/b9-6+. The van der Waals surface area contributed by atoms with Gasteiger partial charge in [-0.3, -0.25) is 9.59 Å². The minimum absolute atomic E-state index is 0.108. The second-order valence-corrected chi connectivity index (χ2v) is 6.70. The molecule has 0 aliphatic heterocycles. The maximum absolute atomic E-state index is 12.1. The van der Waals surface area contributed by atoms with Gasteiger partial charge in [0.25, 0.3) is 0 Å². The van der Waals surface area contributed by atoms with Gasteiger partial charge in [-0.05, 0) is 60.3 Å². The summed E-state index contributed by atoms with van der Waals surface area (Å²) in [5.74, 6) is -0.239. The molecule has 0 bridgehead atoms. The molecule has 5 nitrogen and oxygen atoms in total. The first-order chi connectivity index (χ1) is 12.0. The minimum atomic E-state index is -0.131. The zero-order valence-electron chi connectivity index (χ0n) is 14.7. The van der Waals surface area contributed by atoms with Gasteiger partial charge in [-0.2, -0.15) is 11.3 Å². The van der Waals surface area contributed by atoms with Crippen LogP contribution in [0.3, 0.4) is 0 Å². The van der Waals surface area contributed by atoms with Gasteiger partial charge >= 0.3 is 0 Å². The van der Waals surface area contributed by atoms with Gasteiger partial charge in [-0.15, -0.1) is 0 Å². The Kier molecular flexibility index (Phi) is 6.91. The molecule has 0 fully saturated rings. The number of hydrogen-bond acceptors (Lipinski definition) is 4. The third-order valence-electron chi connectivity index (χ3n) is 3.68. The Hall–Kier alpha value is -2.44. The minimum Gasteiger partial charge on any atom is -0.351 e. The van der Waals surface area contributed by atoms with Crippen LogP contribution < -0.4 is 10.6 Å². The monoisotopic (exact) mass is 357 g/mol. The number of nitrogens with zero attached hydrogens (tertiary/aromatic N) is 1. The molecule has 1 heterocycles. The van der Waals surface area contributed by atoms with Crippen LogP contribution in [-0.2, 0) is 9.59 Å². The molecule has 6 heteroatoms. The van der Waals surface area contributed by atoms with Crippen LogP contribution in [0.2, 0.25) is 0 Å². The van der Waals surface area contributed by atoms with Crippen LogP contribution in [0.15, 0.2) is 47.2 Å². The maximum atomic E-state index is 12.1. The first kappa shape index (κ1) is 18.9. The van der Waals surface area contributed by atoms with E-state index in [1.165, 1.54) is 18.6 Å². The predicted molar refractivity (Wildman–Crippen MR) is 104 cm³/mol. The van der Waals surface area contributed by atoms with E-state index in [0.717, 1.165) is 11.3 Å². The molecule has 1 aromatic carbocycles. The summed E-state index contributed by atoms with van der Waals surface area (Å²) in [6.45, 7) is 2.02. The van der Waals surface area contributed by atoms with E-state index in [2.05, 4.69) is 27.0 Å². The molecular formula is C19H23N3O2S. The van der Waals surface area contributed by atoms with E-state index in [9.17, 15) is 9.59 Å². The fourth-order valence-electron chi connectivity index (χ4n) is 2.37. The van der Waals surface area contributed by atoms with Crippen molar-refractivity contribution in [1.82, 2.24) is 10.2 Å². The lowest BCUT2D eigenvalue weighted by atomic mass is 10.1. The molecule has 0 saturated heterocycles. The van der Waals surface area contributed by atoms with Gasteiger partial charge in [0.1, 0.15) is 0 Å². The van der Waals surface area contributed by atoms with E-state index in [-0.39, 0.29) is 17.9 Å². The Bertz CT molecular complexity index is 722. The highest BCUT2D eigenvalue weighted by Crippen LogP contribution is 2.20. The number of rotatable bonds is 7. The van der Waals surface area contributed by atoms with Gasteiger partial charge in [0.15, 0.2) is 0 Å². The molecular weight excluding hydrogens is 334 g/mol. The number of carbonyl (C=O) groups excluding carboxylic acids is 2. The molecule has 2 amide bonds. The van der Waals surface area contributed by atoms with Crippen LogP contribution in [0.1, 0.15) is 24.1 Å². The molecule has 132 valence electrons. The number of nitrogens with one attached hydrogen (secondary N) is 2. The Morgan fingerprint density at radius 2 is 1.92 bits per heavy atom. The molecule has 2 rings (SSSR count). The second kappa shape index (κ2) is 9.15. The van der Waals surface area contributed by atoms with E-state index in [1.54, 1.807) is 29.5 Å². The lowest BCUT2D eigenvalue weighted by Gasteiger charge is -2.23. The third-order valence-corrected chi connectivity index (χ3v) is 4.38. The Morgan fingerprint density at radius 1 is 1.20 bits per heavy atom. The number of likely N-dealkylation sites (N-methyl/N-ethyl adjacent to an activating group) is 1. The zero-order valence-corrected chi connectivity index (χ0v) is 15.5. The van der Waals surface area contributed by atoms with Crippen LogP contribution in [0.5, 0.6) is 0 Å². The average molecular weight is 357 g/mol. The largest absolute Gasteiger partial charge is 0.351 e. The summed E-state index contributed by atoms with van der Waals surface area (Å²) in [4.78, 5) is 25.1. The molecule has 2 aromatic rings. The lowest BCUT2D eigenvalue weighted by molar-refractivity contribution is -0.116. The molecule has 0 aliphatic carbocycles. The van der Waals surface area contributed by atoms with Crippen LogP contribution >= 0.6 is 11.3 Å². The van der Waals surface area contributed by atoms with Crippen molar-refractivity contribution >= 4 is 34.9 Å². The van der Waals surface area contributed by atoms with E-state index in [1.807, 2.05) is 31.6 Å². The lowest BCUT2D eigenvalue weighted by Crippen LogP contribution is -2.33. The highest BCUT2D eigenvalue weighted by atomic mass is 32.1. The van der Waals surface area contributed by atoms with E-state index in [0.29, 0.717) is 6.54 Å². The fourth-order valence-corrected chi connectivity index (χ4v) is 3.08. The van der Waals surface area contributed by atoms with Gasteiger partial charge in [0.2, 0.25) is 11.8 Å². The van der Waals surface area contributed by atoms with Gasteiger partial charge in [0, 0.05) is 25.2 Å². The fraction of sp³-hybridized carbons (Fsp3) is 0.263. The van der Waals surface area contributed by atoms with Gasteiger partial charge in [0.05, 0.1) is 6.04 Å². The van der Waals surface area contributed by atoms with Crippen molar-refractivity contribution < 1.29 is 9.59 Å². The van der Waals surface area contributed by atoms with Crippen LogP contribution in [0, 0.1) is 0 Å². The van der Waals surface area contributed by atoms with Crippen LogP contribution in [0.4, 0.5) is 5.69 Å². The highest BCUT2D eigenvalue weighted by molar-refractivity contribution is 7.07. The molecule has 25 heavy (non-hydrogen) atoms. The third kappa shape index (κ3) is 6.17. The molecule has 1 unspecified atom stereocenters. The Labute approximate surface area is 152 Å². The SMILES string of the molecule is CC(=O)Nc1ccc(/C=C/C(=O)NCC(c2ccsc2)N(C)C)cc1. The second-order valence-electron chi connectivity index (χ2n) is 5.92. The average Bonchev–Trinajstić information content (AvgIpc) is 3.08. The first-order valence-corrected chi connectivity index (χ1v) is 8.92. The van der Waals surface area contributed by atoms with Crippen molar-refractivity contribution in [3.63, 3.8) is 0 Å². The molecule has 2 N–H and O–H groups in total. The highest BCUT2D eigenvalue weighted by Gasteiger charge is 2.14. The van der Waals surface area contributed by atoms with Crippen molar-refractivity contribution in [1.29, 1.82) is 0 Å². The molecule has 0 aliphatic rings. The smallest absolute Gasteiger partial charge is 0.244 e. The first-order valence-electron chi connectivity index (χ1n) is 7.98. The normalized spacial score (nSPS) is 12.3. The number of benzene rings is 1. The summed E-state index contributed by atoms with van der Waals surface area (Å²) in [6, 6.07) is 9.54. The van der Waals surface area contributed by atoms with Crippen molar-refractivity contribution in [2.24, 2.45) is 0 Å². The summed E-state index contributed by atoms with van der Waals surface area (Å²) >= 11 is 1.65.